The molecule has 1 heterocycles. The minimum Gasteiger partial charge on any atom is -0.493 e. The highest BCUT2D eigenvalue weighted by Gasteiger charge is 2.12. The molecule has 0 fully saturated rings. The van der Waals surface area contributed by atoms with Crippen molar-refractivity contribution in [1.29, 1.82) is 0 Å². The maximum absolute atomic E-state index is 12.2. The molecule has 1 aromatic heterocycles. The highest BCUT2D eigenvalue weighted by atomic mass is 79.9. The summed E-state index contributed by atoms with van der Waals surface area (Å²) in [6.45, 7) is 5.54. The van der Waals surface area contributed by atoms with Gasteiger partial charge in [-0.15, -0.1) is 0 Å². The van der Waals surface area contributed by atoms with Crippen LogP contribution in [0.5, 0.6) is 11.5 Å². The van der Waals surface area contributed by atoms with Crippen LogP contribution in [-0.4, -0.2) is 47.5 Å². The zero-order valence-electron chi connectivity index (χ0n) is 20.3. The van der Waals surface area contributed by atoms with Crippen LogP contribution < -0.4 is 20.2 Å². The third-order valence-electron chi connectivity index (χ3n) is 4.66. The van der Waals surface area contributed by atoms with Crippen molar-refractivity contribution in [3.05, 3.63) is 69.5 Å². The number of ether oxygens (including phenoxy) is 2. The lowest BCUT2D eigenvalue weighted by Gasteiger charge is -2.13. The van der Waals surface area contributed by atoms with E-state index in [9.17, 15) is 9.59 Å². The Kier molecular flexibility index (Phi) is 9.83. The van der Waals surface area contributed by atoms with Crippen LogP contribution in [0.15, 0.2) is 57.2 Å². The molecule has 36 heavy (non-hydrogen) atoms. The van der Waals surface area contributed by atoms with Crippen molar-refractivity contribution >= 4 is 51.4 Å². The van der Waals surface area contributed by atoms with Gasteiger partial charge >= 0.3 is 0 Å². The average molecular weight is 572 g/mol. The van der Waals surface area contributed by atoms with Crippen LogP contribution in [0.3, 0.4) is 0 Å². The Morgan fingerprint density at radius 1 is 1.03 bits per heavy atom. The summed E-state index contributed by atoms with van der Waals surface area (Å²) in [5.74, 6) is 0.338. The van der Waals surface area contributed by atoms with Crippen molar-refractivity contribution in [3.63, 3.8) is 0 Å². The summed E-state index contributed by atoms with van der Waals surface area (Å²) in [5, 5.41) is 7.34. The second kappa shape index (κ2) is 13.0. The summed E-state index contributed by atoms with van der Waals surface area (Å²) in [5.41, 5.74) is 6.62. The number of anilines is 1. The number of aromatic nitrogens is 2. The molecule has 0 unspecified atom stereocenters. The van der Waals surface area contributed by atoms with Gasteiger partial charge in [0.15, 0.2) is 23.3 Å². The number of carbonyl (C=O) groups excluding carboxylic acids is 2. The number of hydrogen-bond donors (Lipinski definition) is 2. The van der Waals surface area contributed by atoms with E-state index in [1.54, 1.807) is 12.1 Å². The highest BCUT2D eigenvalue weighted by Crippen LogP contribution is 2.33. The number of hydrazone groups is 1. The van der Waals surface area contributed by atoms with Crippen molar-refractivity contribution < 1.29 is 19.1 Å². The maximum atomic E-state index is 12.2. The number of thioether (sulfide) groups is 1. The van der Waals surface area contributed by atoms with Gasteiger partial charge in [0, 0.05) is 27.1 Å². The first-order valence-electron chi connectivity index (χ1n) is 10.9. The molecule has 0 atom stereocenters. The topological polar surface area (TPSA) is 115 Å². The van der Waals surface area contributed by atoms with E-state index in [1.165, 1.54) is 25.1 Å². The molecular weight excluding hydrogens is 546 g/mol. The molecule has 3 rings (SSSR count). The fourth-order valence-electron chi connectivity index (χ4n) is 2.99. The Balaban J connectivity index is 1.54. The number of rotatable bonds is 10. The molecule has 0 saturated carbocycles. The Morgan fingerprint density at radius 2 is 1.72 bits per heavy atom. The Bertz CT molecular complexity index is 1250. The summed E-state index contributed by atoms with van der Waals surface area (Å²) in [7, 11) is 1.50. The molecule has 0 spiro atoms. The Labute approximate surface area is 222 Å². The number of hydrogen-bond acceptors (Lipinski definition) is 8. The van der Waals surface area contributed by atoms with E-state index in [4.69, 9.17) is 9.47 Å². The summed E-state index contributed by atoms with van der Waals surface area (Å²) in [4.78, 5) is 33.0. The van der Waals surface area contributed by atoms with E-state index in [2.05, 4.69) is 41.7 Å². The molecule has 3 aromatic rings. The maximum Gasteiger partial charge on any atom is 0.262 e. The number of amides is 2. The van der Waals surface area contributed by atoms with Crippen molar-refractivity contribution in [3.8, 4) is 11.5 Å². The predicted octanol–water partition coefficient (Wildman–Crippen LogP) is 4.43. The van der Waals surface area contributed by atoms with Gasteiger partial charge in [-0.2, -0.15) is 5.10 Å². The van der Waals surface area contributed by atoms with E-state index in [-0.39, 0.29) is 24.2 Å². The first-order valence-corrected chi connectivity index (χ1v) is 12.6. The van der Waals surface area contributed by atoms with Gasteiger partial charge in [-0.1, -0.05) is 29.5 Å². The first-order chi connectivity index (χ1) is 17.2. The lowest BCUT2D eigenvalue weighted by atomic mass is 10.2. The lowest BCUT2D eigenvalue weighted by Crippen LogP contribution is -2.20. The summed E-state index contributed by atoms with van der Waals surface area (Å²) < 4.78 is 11.7. The fourth-order valence-corrected chi connectivity index (χ4v) is 4.16. The number of carbonyl (C=O) groups is 2. The van der Waals surface area contributed by atoms with Crippen LogP contribution in [-0.2, 0) is 9.59 Å². The largest absolute Gasteiger partial charge is 0.493 e. The molecular formula is C25H26BrN5O4S. The summed E-state index contributed by atoms with van der Waals surface area (Å²) in [6.07, 6.45) is 1.48. The minimum atomic E-state index is -0.297. The lowest BCUT2D eigenvalue weighted by molar-refractivity contribution is -0.119. The van der Waals surface area contributed by atoms with Crippen LogP contribution in [0.1, 0.15) is 22.5 Å². The zero-order chi connectivity index (χ0) is 26.1. The number of nitrogens with zero attached hydrogens (tertiary/aromatic N) is 3. The number of halogens is 1. The molecule has 0 aliphatic heterocycles. The van der Waals surface area contributed by atoms with Gasteiger partial charge in [-0.3, -0.25) is 9.59 Å². The van der Waals surface area contributed by atoms with Gasteiger partial charge in [-0.05, 0) is 67.0 Å². The fraction of sp³-hybridized carbons (Fsp3) is 0.240. The number of nitrogens with one attached hydrogen (secondary N) is 2. The van der Waals surface area contributed by atoms with Gasteiger partial charge in [0.2, 0.25) is 0 Å². The average Bonchev–Trinajstić information content (AvgIpc) is 2.83. The van der Waals surface area contributed by atoms with Gasteiger partial charge in [0.1, 0.15) is 0 Å². The van der Waals surface area contributed by atoms with E-state index in [0.29, 0.717) is 32.4 Å². The van der Waals surface area contributed by atoms with Gasteiger partial charge in [0.05, 0.1) is 19.1 Å². The number of methoxy groups -OCH3 is 1. The van der Waals surface area contributed by atoms with Gasteiger partial charge in [-0.25, -0.2) is 15.4 Å². The molecule has 0 radical (unpaired) electrons. The molecule has 9 nitrogen and oxygen atoms in total. The van der Waals surface area contributed by atoms with Crippen molar-refractivity contribution in [2.75, 3.05) is 24.8 Å². The quantitative estimate of drug-likeness (QED) is 0.160. The molecule has 2 amide bonds. The normalized spacial score (nSPS) is 10.8. The van der Waals surface area contributed by atoms with Crippen LogP contribution in [0, 0.1) is 20.8 Å². The second-order valence-electron chi connectivity index (χ2n) is 7.74. The molecule has 2 aromatic carbocycles. The van der Waals surface area contributed by atoms with Gasteiger partial charge in [0.25, 0.3) is 11.8 Å². The van der Waals surface area contributed by atoms with Crippen molar-refractivity contribution in [2.45, 2.75) is 25.9 Å². The van der Waals surface area contributed by atoms with E-state index >= 15 is 0 Å². The minimum absolute atomic E-state index is 0.127. The molecule has 0 bridgehead atoms. The van der Waals surface area contributed by atoms with Crippen LogP contribution in [0.2, 0.25) is 0 Å². The smallest absolute Gasteiger partial charge is 0.262 e. The number of aryl methyl sites for hydroxylation is 3. The molecule has 0 saturated heterocycles. The SMILES string of the molecule is COc1cc(/C=N\NC(=O)CSc2nc(C)cc(C)n2)c(Br)cc1OCC(=O)Nc1ccc(C)cc1. The Hall–Kier alpha value is -3.44. The highest BCUT2D eigenvalue weighted by molar-refractivity contribution is 9.10. The standard InChI is InChI=1S/C25H26BrN5O4S/c1-15-5-7-19(8-6-15)30-23(32)13-35-22-11-20(26)18(10-21(22)34-4)12-27-31-24(33)14-36-25-28-16(2)9-17(3)29-25/h5-12H,13-14H2,1-4H3,(H,30,32)(H,31,33)/b27-12-. The third-order valence-corrected chi connectivity index (χ3v) is 6.20. The van der Waals surface area contributed by atoms with Crippen LogP contribution >= 0.6 is 27.7 Å². The van der Waals surface area contributed by atoms with Gasteiger partial charge < -0.3 is 14.8 Å². The van der Waals surface area contributed by atoms with Crippen LogP contribution in [0.4, 0.5) is 5.69 Å². The van der Waals surface area contributed by atoms with E-state index in [0.717, 1.165) is 17.0 Å². The van der Waals surface area contributed by atoms with E-state index < -0.39 is 0 Å². The van der Waals surface area contributed by atoms with E-state index in [1.807, 2.05) is 51.1 Å². The number of benzene rings is 2. The molecule has 2 N–H and O–H groups in total. The molecule has 0 aliphatic carbocycles. The Morgan fingerprint density at radius 3 is 2.39 bits per heavy atom. The molecule has 11 heteroatoms. The third kappa shape index (κ3) is 8.35. The summed E-state index contributed by atoms with van der Waals surface area (Å²) >= 11 is 4.70. The van der Waals surface area contributed by atoms with Crippen molar-refractivity contribution in [2.24, 2.45) is 5.10 Å². The molecule has 188 valence electrons. The van der Waals surface area contributed by atoms with Crippen molar-refractivity contribution in [1.82, 2.24) is 15.4 Å². The summed E-state index contributed by atoms with van der Waals surface area (Å²) in [6, 6.07) is 12.7. The zero-order valence-corrected chi connectivity index (χ0v) is 22.7. The first kappa shape index (κ1) is 27.2. The molecule has 0 aliphatic rings. The second-order valence-corrected chi connectivity index (χ2v) is 9.54. The predicted molar refractivity (Wildman–Crippen MR) is 144 cm³/mol. The monoisotopic (exact) mass is 571 g/mol. The van der Waals surface area contributed by atoms with Crippen LogP contribution in [0.25, 0.3) is 0 Å².